The summed E-state index contributed by atoms with van der Waals surface area (Å²) in [7, 11) is 0. The molecule has 3 nitrogen and oxygen atoms in total. The minimum atomic E-state index is 0.147. The van der Waals surface area contributed by atoms with E-state index in [1.807, 2.05) is 4.90 Å². The lowest BCUT2D eigenvalue weighted by atomic mass is 9.70. The summed E-state index contributed by atoms with van der Waals surface area (Å²) in [4.78, 5) is 14.0. The van der Waals surface area contributed by atoms with Crippen LogP contribution in [0.1, 0.15) is 46.5 Å². The van der Waals surface area contributed by atoms with Crippen LogP contribution in [-0.4, -0.2) is 35.1 Å². The van der Waals surface area contributed by atoms with Crippen molar-refractivity contribution in [3.63, 3.8) is 0 Å². The van der Waals surface area contributed by atoms with Gasteiger partial charge in [0.1, 0.15) is 0 Å². The maximum atomic E-state index is 12.0. The molecule has 0 spiro atoms. The van der Waals surface area contributed by atoms with Crippen molar-refractivity contribution in [3.05, 3.63) is 0 Å². The summed E-state index contributed by atoms with van der Waals surface area (Å²) < 4.78 is 0. The molecule has 0 radical (unpaired) electrons. The van der Waals surface area contributed by atoms with Crippen LogP contribution in [0.15, 0.2) is 0 Å². The third kappa shape index (κ3) is 2.82. The van der Waals surface area contributed by atoms with E-state index in [0.29, 0.717) is 23.8 Å². The first-order valence-corrected chi connectivity index (χ1v) is 6.81. The molecule has 1 heterocycles. The van der Waals surface area contributed by atoms with Gasteiger partial charge >= 0.3 is 0 Å². The number of aliphatic hydroxyl groups excluding tert-OH is 1. The third-order valence-electron chi connectivity index (χ3n) is 4.30. The molecule has 3 unspecified atom stereocenters. The van der Waals surface area contributed by atoms with E-state index in [4.69, 9.17) is 0 Å². The van der Waals surface area contributed by atoms with Gasteiger partial charge in [0, 0.05) is 31.5 Å². The standard InChI is InChI=1S/C14H25NO2/c1-10-4-12(7-14(2,3)6-10)15-8-11(9-16)5-13(15)17/h10-12,16H,4-9H2,1-3H3. The zero-order chi connectivity index (χ0) is 12.6. The van der Waals surface area contributed by atoms with Crippen LogP contribution in [0.2, 0.25) is 0 Å². The fourth-order valence-electron chi connectivity index (χ4n) is 3.82. The van der Waals surface area contributed by atoms with E-state index in [1.54, 1.807) is 0 Å². The molecule has 98 valence electrons. The number of carbonyl (C=O) groups is 1. The van der Waals surface area contributed by atoms with Crippen molar-refractivity contribution in [1.82, 2.24) is 4.90 Å². The highest BCUT2D eigenvalue weighted by atomic mass is 16.3. The minimum absolute atomic E-state index is 0.147. The second-order valence-electron chi connectivity index (χ2n) is 6.87. The number of aliphatic hydroxyl groups is 1. The lowest BCUT2D eigenvalue weighted by Gasteiger charge is -2.42. The molecular formula is C14H25NO2. The Hall–Kier alpha value is -0.570. The maximum absolute atomic E-state index is 12.0. The fourth-order valence-corrected chi connectivity index (χ4v) is 3.82. The van der Waals surface area contributed by atoms with Gasteiger partial charge in [-0.3, -0.25) is 4.79 Å². The van der Waals surface area contributed by atoms with Crippen LogP contribution in [0.4, 0.5) is 0 Å². The minimum Gasteiger partial charge on any atom is -0.396 e. The Labute approximate surface area is 104 Å². The van der Waals surface area contributed by atoms with Crippen molar-refractivity contribution in [3.8, 4) is 0 Å². The third-order valence-corrected chi connectivity index (χ3v) is 4.30. The zero-order valence-electron chi connectivity index (χ0n) is 11.3. The summed E-state index contributed by atoms with van der Waals surface area (Å²) in [5.41, 5.74) is 0.347. The zero-order valence-corrected chi connectivity index (χ0v) is 11.3. The molecular weight excluding hydrogens is 214 g/mol. The molecule has 1 aliphatic carbocycles. The molecule has 2 fully saturated rings. The van der Waals surface area contributed by atoms with E-state index < -0.39 is 0 Å². The van der Waals surface area contributed by atoms with Crippen molar-refractivity contribution in [2.45, 2.75) is 52.5 Å². The first kappa shape index (κ1) is 12.9. The molecule has 2 rings (SSSR count). The summed E-state index contributed by atoms with van der Waals surface area (Å²) in [6.45, 7) is 7.81. The van der Waals surface area contributed by atoms with Crippen LogP contribution in [0.25, 0.3) is 0 Å². The van der Waals surface area contributed by atoms with E-state index in [-0.39, 0.29) is 18.4 Å². The van der Waals surface area contributed by atoms with Gasteiger partial charge in [-0.15, -0.1) is 0 Å². The van der Waals surface area contributed by atoms with Gasteiger partial charge in [0.2, 0.25) is 5.91 Å². The van der Waals surface area contributed by atoms with Gasteiger partial charge in [-0.2, -0.15) is 0 Å². The summed E-state index contributed by atoms with van der Waals surface area (Å²) in [6.07, 6.45) is 4.05. The van der Waals surface area contributed by atoms with Crippen molar-refractivity contribution in [2.24, 2.45) is 17.3 Å². The second kappa shape index (κ2) is 4.60. The first-order chi connectivity index (χ1) is 7.91. The molecule has 1 saturated carbocycles. The van der Waals surface area contributed by atoms with Gasteiger partial charge < -0.3 is 10.0 Å². The van der Waals surface area contributed by atoms with Crippen LogP contribution in [0, 0.1) is 17.3 Å². The van der Waals surface area contributed by atoms with Gasteiger partial charge in [-0.05, 0) is 30.6 Å². The Bertz CT molecular complexity index is 301. The monoisotopic (exact) mass is 239 g/mol. The Morgan fingerprint density at radius 3 is 2.65 bits per heavy atom. The number of carbonyl (C=O) groups excluding carboxylic acids is 1. The number of likely N-dealkylation sites (tertiary alicyclic amines) is 1. The Morgan fingerprint density at radius 1 is 1.41 bits per heavy atom. The molecule has 2 aliphatic rings. The number of hydrogen-bond acceptors (Lipinski definition) is 2. The lowest BCUT2D eigenvalue weighted by molar-refractivity contribution is -0.131. The average molecular weight is 239 g/mol. The smallest absolute Gasteiger partial charge is 0.223 e. The highest BCUT2D eigenvalue weighted by Crippen LogP contribution is 2.41. The van der Waals surface area contributed by atoms with Gasteiger partial charge in [0.25, 0.3) is 0 Å². The fraction of sp³-hybridized carbons (Fsp3) is 0.929. The van der Waals surface area contributed by atoms with Gasteiger partial charge in [-0.1, -0.05) is 20.8 Å². The predicted molar refractivity (Wildman–Crippen MR) is 67.5 cm³/mol. The quantitative estimate of drug-likeness (QED) is 0.801. The maximum Gasteiger partial charge on any atom is 0.223 e. The molecule has 3 heteroatoms. The van der Waals surface area contributed by atoms with E-state index in [9.17, 15) is 9.90 Å². The van der Waals surface area contributed by atoms with E-state index in [0.717, 1.165) is 19.4 Å². The molecule has 1 amide bonds. The van der Waals surface area contributed by atoms with Gasteiger partial charge in [0.05, 0.1) is 0 Å². The summed E-state index contributed by atoms with van der Waals surface area (Å²) in [6, 6.07) is 0.401. The van der Waals surface area contributed by atoms with Crippen LogP contribution < -0.4 is 0 Å². The molecule has 0 aromatic rings. The molecule has 3 atom stereocenters. The lowest BCUT2D eigenvalue weighted by Crippen LogP contribution is -2.44. The highest BCUT2D eigenvalue weighted by molar-refractivity contribution is 5.79. The van der Waals surface area contributed by atoms with Crippen molar-refractivity contribution < 1.29 is 9.90 Å². The largest absolute Gasteiger partial charge is 0.396 e. The van der Waals surface area contributed by atoms with Crippen molar-refractivity contribution in [2.75, 3.05) is 13.2 Å². The van der Waals surface area contributed by atoms with Crippen LogP contribution in [0.3, 0.4) is 0 Å². The van der Waals surface area contributed by atoms with Crippen molar-refractivity contribution >= 4 is 5.91 Å². The van der Waals surface area contributed by atoms with E-state index >= 15 is 0 Å². The number of nitrogens with zero attached hydrogens (tertiary/aromatic N) is 1. The second-order valence-corrected chi connectivity index (χ2v) is 6.87. The average Bonchev–Trinajstić information content (AvgIpc) is 2.56. The summed E-state index contributed by atoms with van der Waals surface area (Å²) >= 11 is 0. The Kier molecular flexibility index (Phi) is 3.48. The molecule has 0 bridgehead atoms. The van der Waals surface area contributed by atoms with Crippen molar-refractivity contribution in [1.29, 1.82) is 0 Å². The Balaban J connectivity index is 2.04. The Morgan fingerprint density at radius 2 is 2.12 bits per heavy atom. The molecule has 1 N–H and O–H groups in total. The number of amides is 1. The first-order valence-electron chi connectivity index (χ1n) is 6.81. The summed E-state index contributed by atoms with van der Waals surface area (Å²) in [5, 5.41) is 9.18. The molecule has 1 aliphatic heterocycles. The number of rotatable bonds is 2. The molecule has 17 heavy (non-hydrogen) atoms. The SMILES string of the molecule is CC1CC(N2CC(CO)CC2=O)CC(C)(C)C1. The molecule has 0 aromatic heterocycles. The van der Waals surface area contributed by atoms with Crippen LogP contribution in [0.5, 0.6) is 0 Å². The predicted octanol–water partition coefficient (Wildman–Crippen LogP) is 2.04. The van der Waals surface area contributed by atoms with Crippen LogP contribution in [-0.2, 0) is 4.79 Å². The highest BCUT2D eigenvalue weighted by Gasteiger charge is 2.40. The molecule has 0 aromatic carbocycles. The normalized spacial score (nSPS) is 37.5. The molecule has 1 saturated heterocycles. The van der Waals surface area contributed by atoms with Crippen LogP contribution >= 0.6 is 0 Å². The van der Waals surface area contributed by atoms with E-state index in [1.165, 1.54) is 6.42 Å². The number of hydrogen-bond donors (Lipinski definition) is 1. The van der Waals surface area contributed by atoms with E-state index in [2.05, 4.69) is 20.8 Å². The van der Waals surface area contributed by atoms with Gasteiger partial charge in [0.15, 0.2) is 0 Å². The van der Waals surface area contributed by atoms with Gasteiger partial charge in [-0.25, -0.2) is 0 Å². The topological polar surface area (TPSA) is 40.5 Å². The summed E-state index contributed by atoms with van der Waals surface area (Å²) in [5.74, 6) is 1.12.